The molecule has 9 atom stereocenters. The molecular weight excluding hydrogens is 1060 g/mol. The van der Waals surface area contributed by atoms with Crippen LogP contribution >= 0.6 is 47.2 Å². The second kappa shape index (κ2) is 38.3. The number of aromatic amines is 2. The Morgan fingerprint density at radius 2 is 1.25 bits per heavy atom. The van der Waals surface area contributed by atoms with E-state index in [9.17, 15) is 29.7 Å². The Labute approximate surface area is 581 Å². The maximum Gasteiger partial charge on any atom is 1.00 e. The van der Waals surface area contributed by atoms with Crippen LogP contribution in [-0.2, 0) is 9.68 Å². The van der Waals surface area contributed by atoms with Crippen LogP contribution in [0.5, 0.6) is 0 Å². The van der Waals surface area contributed by atoms with E-state index in [2.05, 4.69) is 45.1 Å². The Morgan fingerprint density at radius 3 is 1.68 bits per heavy atom. The molecule has 6 rings (SSSR count). The van der Waals surface area contributed by atoms with Gasteiger partial charge in [0.15, 0.2) is 0 Å². The number of anilines is 1. The third-order valence-electron chi connectivity index (χ3n) is 6.16. The van der Waals surface area contributed by atoms with Crippen molar-refractivity contribution in [3.05, 3.63) is 61.9 Å². The van der Waals surface area contributed by atoms with Crippen molar-refractivity contribution in [3.8, 4) is 0 Å². The number of nitrogens with one attached hydrogen (secondary N) is 3. The van der Waals surface area contributed by atoms with Crippen LogP contribution < -0.4 is 147 Å². The van der Waals surface area contributed by atoms with Gasteiger partial charge >= 0.3 is 103 Å². The van der Waals surface area contributed by atoms with E-state index in [4.69, 9.17) is 125 Å². The molecule has 71 heavy (non-hydrogen) atoms. The molecule has 0 aromatic carbocycles. The van der Waals surface area contributed by atoms with E-state index in [1.807, 2.05) is 18.8 Å². The van der Waals surface area contributed by atoms with Crippen LogP contribution in [0, 0.1) is 17.7 Å². The second-order valence-corrected chi connectivity index (χ2v) is 12.8. The van der Waals surface area contributed by atoms with Crippen LogP contribution in [0.1, 0.15) is 203 Å². The fraction of sp³-hybridized carbons (Fsp3) is 0.628. The zero-order valence-corrected chi connectivity index (χ0v) is 46.7. The molecule has 3 aromatic rings. The summed E-state index contributed by atoms with van der Waals surface area (Å²) in [6.45, 7) is -8.20. The maximum atomic E-state index is 12.1. The molecule has 3 aromatic heterocycles. The first-order valence-electron chi connectivity index (χ1n) is 38.6. The molecule has 3 aliphatic carbocycles. The molecule has 22 nitrogen and oxygen atoms in total. The molecule has 0 aliphatic heterocycles. The topological polar surface area (TPSA) is 385 Å². The first-order chi connectivity index (χ1) is 48.0. The van der Waals surface area contributed by atoms with Crippen LogP contribution in [0.3, 0.4) is 0 Å². The summed E-state index contributed by atoms with van der Waals surface area (Å²) in [5, 5.41) is 41.2. The van der Waals surface area contributed by atoms with E-state index in [1.165, 1.54) is 13.8 Å². The van der Waals surface area contributed by atoms with Gasteiger partial charge in [0.25, 0.3) is 24.2 Å². The Morgan fingerprint density at radius 1 is 0.831 bits per heavy atom. The summed E-state index contributed by atoms with van der Waals surface area (Å²) in [5.41, 5.74) is 14.4. The summed E-state index contributed by atoms with van der Waals surface area (Å²) in [5.74, 6) is -16.6. The van der Waals surface area contributed by atoms with Crippen LogP contribution in [0.2, 0.25) is 15.7 Å². The number of aliphatic hydroxyl groups is 3. The average Bonchev–Trinajstić information content (AvgIpc) is 0.665. The summed E-state index contributed by atoms with van der Waals surface area (Å²) < 4.78 is 329. The number of H-pyrrole nitrogens is 2. The molecule has 0 bridgehead atoms. The predicted molar refractivity (Wildman–Crippen MR) is 264 cm³/mol. The summed E-state index contributed by atoms with van der Waals surface area (Å²) in [4.78, 5) is 70.6. The van der Waals surface area contributed by atoms with Gasteiger partial charge < -0.3 is 65.1 Å². The summed E-state index contributed by atoms with van der Waals surface area (Å²) in [7, 11) is 0. The number of halogens is 4. The largest absolute Gasteiger partial charge is 1.00 e. The van der Waals surface area contributed by atoms with Crippen LogP contribution in [0.25, 0.3) is 0 Å². The zero-order chi connectivity index (χ0) is 88.9. The fourth-order valence-electron chi connectivity index (χ4n) is 3.57. The van der Waals surface area contributed by atoms with E-state index in [0.29, 0.717) is 0 Å². The Bertz CT molecular complexity index is 4020. The van der Waals surface area contributed by atoms with Crippen molar-refractivity contribution in [1.82, 2.24) is 29.9 Å². The number of hydrogen-bond acceptors (Lipinski definition) is 17. The molecule has 14 N–H and O–H groups in total. The fourth-order valence-corrected chi connectivity index (χ4v) is 4.08. The number of carbonyl (C=O) groups excluding carboxylic acids is 4. The molecule has 3 aliphatic rings. The number of primary amides is 3. The van der Waals surface area contributed by atoms with Crippen LogP contribution in [0.15, 0.2) is 28.5 Å². The number of nitrogens with two attached hydrogens (primary N) is 4. The van der Waals surface area contributed by atoms with Crippen molar-refractivity contribution in [2.45, 2.75) is 154 Å². The Kier molecular flexibility index (Phi) is 15.0. The first kappa shape index (κ1) is 27.9. The molecule has 3 amide bonds. The summed E-state index contributed by atoms with van der Waals surface area (Å²) in [6.07, 6.45) is -51.0. The molecule has 3 heterocycles. The van der Waals surface area contributed by atoms with E-state index >= 15 is 0 Å². The van der Waals surface area contributed by atoms with Crippen molar-refractivity contribution in [2.24, 2.45) is 50.6 Å². The molecule has 28 heteroatoms. The minimum absolute atomic E-state index is 0. The van der Waals surface area contributed by atoms with Gasteiger partial charge in [-0.25, -0.2) is 19.9 Å². The number of nitrogens with zero attached hydrogens (tertiary/aromatic N) is 6. The molecule has 0 spiro atoms. The number of carbonyl (C=O) groups is 4. The van der Waals surface area contributed by atoms with Gasteiger partial charge in [-0.15, -0.1) is 12.4 Å². The number of amides is 3. The summed E-state index contributed by atoms with van der Waals surface area (Å²) >= 11 is 16.5. The van der Waals surface area contributed by atoms with E-state index < -0.39 is 208 Å². The minimum Gasteiger partial charge on any atom is -1.00 e. The third-order valence-corrected chi connectivity index (χ3v) is 6.78. The predicted octanol–water partition coefficient (Wildman–Crippen LogP) is -2.84. The van der Waals surface area contributed by atoms with Crippen molar-refractivity contribution < 1.29 is 206 Å². The smallest absolute Gasteiger partial charge is 1.00 e. The van der Waals surface area contributed by atoms with Crippen LogP contribution in [-0.4, -0.2) is 111 Å². The Hall–Kier alpha value is -1.25. The molecule has 9 unspecified atom stereocenters. The zero-order valence-electron chi connectivity index (χ0n) is 80.4. The molecule has 0 radical (unpaired) electrons. The molecule has 0 saturated heterocycles. The van der Waals surface area contributed by atoms with Gasteiger partial charge in [-0.05, 0) is 119 Å². The number of aromatic nitrogens is 6. The Balaban J connectivity index is -0.000000723. The quantitative estimate of drug-likeness (QED) is 0.0285. The monoisotopic (exact) mass is 1170 g/mol. The first-order valence-corrected chi connectivity index (χ1v) is 18.7. The van der Waals surface area contributed by atoms with E-state index in [0.717, 1.165) is 0 Å². The van der Waals surface area contributed by atoms with E-state index in [1.54, 1.807) is 0 Å². The van der Waals surface area contributed by atoms with Gasteiger partial charge in [0.2, 0.25) is 16.5 Å². The van der Waals surface area contributed by atoms with Gasteiger partial charge in [0.05, 0.1) is 57.9 Å². The van der Waals surface area contributed by atoms with Crippen molar-refractivity contribution in [1.29, 1.82) is 0 Å². The standard InChI is InChI=1S/C16H27N5O2.C12H17ClN4O2.C7H15NO.C5H3Cl2N3O.C2H6.CH2O3.ClH.2K.H/c1-9-5-6-10(7-12(9)22)19-14-11(13(17)23)8-18-15(20-14)21-16(2,3)4;1-6-2-3-7(4-9(6)18)16-11-8(10(14)19)5-15-12(13)17-11;1-5-2-3-6(8)4-7(5)9;6-3-2(4(8)11)1-9-5(7)10-3;1-2;2-1-4-3;;;;/h8-10,12,22H,5-7H2,1-4H3,(H2,17,23)(H2,18,19,20,21);5-7,9,18H,2-4H2,1H3,(H2,14,19)(H,15,16,17);5-7,9H,2-4,8H2,1H3;1H,(H2,8,11);1-2H3;1,3H;1H;;;/q;;;;;;;2*+1;-1/p-1/i1D3,2D3,5D2,6D2,7D2,8D,9D,10D,12D;1D3,2D2,3D2,4D2,5D,6D,7D,9D;1D3,2D2,3D2,4D2,5D,6D,7D;1D;;;;;;. The SMILES string of the molecule is CC.Cl.O=CO[O-].[2H]C([2H])([2H])C1([2H])C([2H])([2H])C([2H])([2H])C([2H])(N)C([2H])([2H])C1([2H])O.[2H]c1nc(Cl)[nH]c(=NC2([2H])C([2H])([2H])C([2H])([2H])C([2H])(C([2H])([2H])[2H])C([2H])(O)C2([2H])[2H])c1C(N)=O.[2H]c1nc(Cl)nc(Cl)c1C(N)=O.[2H]c1nc(NC(C)(C)C([2H])([2H])[2H])[nH]c(=NC2([2H])C([2H])([2H])C([2H])([2H])C([2H])(C([2H])([2H])[2H])C([2H])(O)C2([2H])[2H])c1C(N)=O.[H-].[K+].[K+]. The molecular formula is C43H71Cl4K2N13O9. The number of hydrogen-bond donors (Lipinski definition) is 10. The normalized spacial score (nSPS) is 48.7. The van der Waals surface area contributed by atoms with E-state index in [-0.39, 0.29) is 145 Å². The van der Waals surface area contributed by atoms with Crippen molar-refractivity contribution in [3.63, 3.8) is 0 Å². The number of rotatable bonds is 7. The molecule has 3 fully saturated rings. The second-order valence-electron chi connectivity index (χ2n) is 11.7. The molecule has 392 valence electrons. The van der Waals surface area contributed by atoms with Gasteiger partial charge in [0, 0.05) is 76.7 Å². The summed E-state index contributed by atoms with van der Waals surface area (Å²) in [6, 6.07) is -11.5. The maximum absolute atomic E-state index is 12.1. The van der Waals surface area contributed by atoms with Gasteiger partial charge in [0.1, 0.15) is 16.1 Å². The minimum atomic E-state index is -4.38. The third kappa shape index (κ3) is 29.0. The van der Waals surface area contributed by atoms with Crippen LogP contribution in [0.4, 0.5) is 5.95 Å². The van der Waals surface area contributed by atoms with Crippen molar-refractivity contribution in [2.75, 3.05) is 5.32 Å². The van der Waals surface area contributed by atoms with Gasteiger partial charge in [-0.3, -0.25) is 29.2 Å². The molecule has 3 saturated carbocycles. The van der Waals surface area contributed by atoms with Gasteiger partial charge in [-0.1, -0.05) is 46.0 Å². The average molecular weight is 1180 g/mol. The van der Waals surface area contributed by atoms with Crippen molar-refractivity contribution >= 4 is 77.4 Å². The van der Waals surface area contributed by atoms with Gasteiger partial charge in [-0.2, -0.15) is 0 Å².